The third kappa shape index (κ3) is 7.65. The minimum Gasteiger partial charge on any atom is -0.481 e. The first-order valence-electron chi connectivity index (χ1n) is 9.54. The van der Waals surface area contributed by atoms with Crippen molar-refractivity contribution >= 4 is 11.9 Å². The molecule has 2 aromatic rings. The van der Waals surface area contributed by atoms with Crippen LogP contribution in [0, 0.1) is 6.92 Å². The van der Waals surface area contributed by atoms with E-state index in [1.54, 1.807) is 0 Å². The summed E-state index contributed by atoms with van der Waals surface area (Å²) >= 11 is 0. The van der Waals surface area contributed by atoms with E-state index in [1.165, 1.54) is 27.8 Å². The Morgan fingerprint density at radius 3 is 2.04 bits per heavy atom. The smallest absolute Gasteiger partial charge is 0.303 e. The lowest BCUT2D eigenvalue weighted by molar-refractivity contribution is -0.138. The van der Waals surface area contributed by atoms with Gasteiger partial charge in [-0.15, -0.1) is 0 Å². The number of carboxylic acid groups (broad SMARTS) is 2. The molecule has 0 saturated carbocycles. The van der Waals surface area contributed by atoms with Crippen molar-refractivity contribution in [1.82, 2.24) is 0 Å². The second-order valence-corrected chi connectivity index (χ2v) is 7.09. The predicted molar refractivity (Wildman–Crippen MR) is 106 cm³/mol. The molecule has 0 aromatic heterocycles. The molecule has 144 valence electrons. The van der Waals surface area contributed by atoms with Crippen LogP contribution in [0.3, 0.4) is 0 Å². The number of hydrogen-bond acceptors (Lipinski definition) is 2. The van der Waals surface area contributed by atoms with Crippen LogP contribution in [0.5, 0.6) is 0 Å². The van der Waals surface area contributed by atoms with E-state index in [1.807, 2.05) is 6.07 Å². The molecule has 0 spiro atoms. The SMILES string of the molecule is Cc1ccc(CCc2cccc(CCCC(=O)O)c2)c(CCCC(=O)O)c1. The molecule has 4 nitrogen and oxygen atoms in total. The van der Waals surface area contributed by atoms with Gasteiger partial charge >= 0.3 is 11.9 Å². The maximum absolute atomic E-state index is 10.8. The highest BCUT2D eigenvalue weighted by molar-refractivity contribution is 5.66. The van der Waals surface area contributed by atoms with Gasteiger partial charge in [-0.1, -0.05) is 48.0 Å². The molecule has 2 aromatic carbocycles. The summed E-state index contributed by atoms with van der Waals surface area (Å²) < 4.78 is 0. The highest BCUT2D eigenvalue weighted by atomic mass is 16.4. The molecule has 0 amide bonds. The van der Waals surface area contributed by atoms with Crippen molar-refractivity contribution in [2.45, 2.75) is 58.3 Å². The highest BCUT2D eigenvalue weighted by Crippen LogP contribution is 2.18. The fraction of sp³-hybridized carbons (Fsp3) is 0.391. The van der Waals surface area contributed by atoms with Gasteiger partial charge < -0.3 is 10.2 Å². The largest absolute Gasteiger partial charge is 0.481 e. The van der Waals surface area contributed by atoms with Crippen LogP contribution in [-0.2, 0) is 35.3 Å². The van der Waals surface area contributed by atoms with Gasteiger partial charge in [-0.05, 0) is 67.7 Å². The summed E-state index contributed by atoms with van der Waals surface area (Å²) in [6, 6.07) is 14.8. The molecule has 0 aliphatic heterocycles. The highest BCUT2D eigenvalue weighted by Gasteiger charge is 2.06. The Hall–Kier alpha value is -2.62. The number of aryl methyl sites for hydroxylation is 5. The van der Waals surface area contributed by atoms with E-state index >= 15 is 0 Å². The molecule has 4 heteroatoms. The number of carbonyl (C=O) groups is 2. The third-order valence-corrected chi connectivity index (χ3v) is 4.73. The summed E-state index contributed by atoms with van der Waals surface area (Å²) in [7, 11) is 0. The maximum atomic E-state index is 10.8. The van der Waals surface area contributed by atoms with Gasteiger partial charge in [0.2, 0.25) is 0 Å². The molecule has 0 unspecified atom stereocenters. The number of aliphatic carboxylic acids is 2. The van der Waals surface area contributed by atoms with Crippen molar-refractivity contribution in [3.63, 3.8) is 0 Å². The molecule has 0 saturated heterocycles. The van der Waals surface area contributed by atoms with Gasteiger partial charge in [-0.25, -0.2) is 0 Å². The minimum absolute atomic E-state index is 0.200. The molecule has 0 aliphatic rings. The Morgan fingerprint density at radius 2 is 1.37 bits per heavy atom. The summed E-state index contributed by atoms with van der Waals surface area (Å²) in [6.45, 7) is 2.06. The van der Waals surface area contributed by atoms with Gasteiger partial charge in [0, 0.05) is 12.8 Å². The molecule has 0 bridgehead atoms. The van der Waals surface area contributed by atoms with Crippen molar-refractivity contribution in [3.05, 3.63) is 70.3 Å². The van der Waals surface area contributed by atoms with E-state index in [4.69, 9.17) is 10.2 Å². The van der Waals surface area contributed by atoms with Crippen LogP contribution < -0.4 is 0 Å². The second-order valence-electron chi connectivity index (χ2n) is 7.09. The lowest BCUT2D eigenvalue weighted by atomic mass is 9.94. The van der Waals surface area contributed by atoms with Crippen molar-refractivity contribution in [2.24, 2.45) is 0 Å². The van der Waals surface area contributed by atoms with Crippen LogP contribution >= 0.6 is 0 Å². The fourth-order valence-corrected chi connectivity index (χ4v) is 3.32. The van der Waals surface area contributed by atoms with E-state index < -0.39 is 11.9 Å². The molecule has 0 fully saturated rings. The first-order valence-corrected chi connectivity index (χ1v) is 9.54. The summed E-state index contributed by atoms with van der Waals surface area (Å²) in [5.41, 5.74) is 6.15. The average Bonchev–Trinajstić information content (AvgIpc) is 2.61. The van der Waals surface area contributed by atoms with Crippen molar-refractivity contribution < 1.29 is 19.8 Å². The lowest BCUT2D eigenvalue weighted by Gasteiger charge is -2.11. The first kappa shape index (κ1) is 20.7. The van der Waals surface area contributed by atoms with E-state index in [2.05, 4.69) is 43.3 Å². The fourth-order valence-electron chi connectivity index (χ4n) is 3.32. The van der Waals surface area contributed by atoms with Gasteiger partial charge in [0.1, 0.15) is 0 Å². The monoisotopic (exact) mass is 368 g/mol. The van der Waals surface area contributed by atoms with Crippen LogP contribution in [-0.4, -0.2) is 22.2 Å². The van der Waals surface area contributed by atoms with Gasteiger partial charge in [0.15, 0.2) is 0 Å². The van der Waals surface area contributed by atoms with E-state index in [0.29, 0.717) is 12.8 Å². The zero-order valence-corrected chi connectivity index (χ0v) is 15.9. The number of carboxylic acids is 2. The predicted octanol–water partition coefficient (Wildman–Crippen LogP) is 4.59. The number of hydrogen-bond donors (Lipinski definition) is 2. The van der Waals surface area contributed by atoms with Crippen LogP contribution in [0.2, 0.25) is 0 Å². The van der Waals surface area contributed by atoms with Crippen molar-refractivity contribution in [2.75, 3.05) is 0 Å². The molecular weight excluding hydrogens is 340 g/mol. The molecule has 0 atom stereocenters. The van der Waals surface area contributed by atoms with Crippen LogP contribution in [0.1, 0.15) is 53.5 Å². The zero-order valence-electron chi connectivity index (χ0n) is 15.9. The normalized spacial score (nSPS) is 10.7. The maximum Gasteiger partial charge on any atom is 0.303 e. The Morgan fingerprint density at radius 1 is 0.741 bits per heavy atom. The number of rotatable bonds is 11. The summed E-state index contributed by atoms with van der Waals surface area (Å²) in [5.74, 6) is -1.50. The standard InChI is InChI=1S/C23H28O4/c1-17-11-13-20(21(15-17)8-4-10-23(26)27)14-12-19-6-2-5-18(16-19)7-3-9-22(24)25/h2,5-6,11,13,15-16H,3-4,7-10,12,14H2,1H3,(H,24,25)(H,26,27). The number of benzene rings is 2. The molecular formula is C23H28O4. The van der Waals surface area contributed by atoms with Crippen LogP contribution in [0.25, 0.3) is 0 Å². The van der Waals surface area contributed by atoms with Crippen LogP contribution in [0.4, 0.5) is 0 Å². The minimum atomic E-state index is -0.749. The summed E-state index contributed by atoms with van der Waals surface area (Å²) in [4.78, 5) is 21.4. The first-order chi connectivity index (χ1) is 12.9. The van der Waals surface area contributed by atoms with Crippen molar-refractivity contribution in [1.29, 1.82) is 0 Å². The Bertz CT molecular complexity index is 780. The lowest BCUT2D eigenvalue weighted by Crippen LogP contribution is -2.01. The quantitative estimate of drug-likeness (QED) is 0.608. The second kappa shape index (κ2) is 10.5. The molecule has 0 heterocycles. The molecule has 0 aliphatic carbocycles. The van der Waals surface area contributed by atoms with E-state index in [0.717, 1.165) is 25.7 Å². The average molecular weight is 368 g/mol. The third-order valence-electron chi connectivity index (χ3n) is 4.73. The van der Waals surface area contributed by atoms with Gasteiger partial charge in [-0.3, -0.25) is 9.59 Å². The van der Waals surface area contributed by atoms with Gasteiger partial charge in [0.05, 0.1) is 0 Å². The summed E-state index contributed by atoms with van der Waals surface area (Å²) in [5, 5.41) is 17.6. The van der Waals surface area contributed by atoms with E-state index in [-0.39, 0.29) is 12.8 Å². The Labute approximate surface area is 160 Å². The van der Waals surface area contributed by atoms with E-state index in [9.17, 15) is 9.59 Å². The van der Waals surface area contributed by atoms with Gasteiger partial charge in [-0.2, -0.15) is 0 Å². The van der Waals surface area contributed by atoms with Crippen LogP contribution in [0.15, 0.2) is 42.5 Å². The zero-order chi connectivity index (χ0) is 19.6. The van der Waals surface area contributed by atoms with Crippen molar-refractivity contribution in [3.8, 4) is 0 Å². The van der Waals surface area contributed by atoms with Gasteiger partial charge in [0.25, 0.3) is 0 Å². The summed E-state index contributed by atoms with van der Waals surface area (Å²) in [6.07, 6.45) is 5.13. The topological polar surface area (TPSA) is 74.6 Å². The molecule has 2 rings (SSSR count). The Balaban J connectivity index is 1.97. The molecule has 0 radical (unpaired) electrons. The molecule has 27 heavy (non-hydrogen) atoms. The Kier molecular flexibility index (Phi) is 8.05. The molecule has 2 N–H and O–H groups in total.